The first-order chi connectivity index (χ1) is 9.81. The molecule has 0 bridgehead atoms. The smallest absolute Gasteiger partial charge is 0.335 e. The molecular formula is C17H18O4. The Bertz CT molecular complexity index is 667. The zero-order valence-corrected chi connectivity index (χ0v) is 12.3. The van der Waals surface area contributed by atoms with Gasteiger partial charge in [-0.15, -0.1) is 0 Å². The molecule has 1 aliphatic rings. The van der Waals surface area contributed by atoms with Gasteiger partial charge in [-0.25, -0.2) is 9.59 Å². The molecule has 1 aromatic carbocycles. The van der Waals surface area contributed by atoms with Crippen LogP contribution in [0.4, 0.5) is 0 Å². The first-order valence-corrected chi connectivity index (χ1v) is 6.78. The molecule has 0 saturated carbocycles. The minimum absolute atomic E-state index is 0.0677. The Balaban J connectivity index is 2.62. The van der Waals surface area contributed by atoms with E-state index in [2.05, 4.69) is 0 Å². The largest absolute Gasteiger partial charge is 0.478 e. The highest BCUT2D eigenvalue weighted by atomic mass is 16.4. The number of benzene rings is 1. The lowest BCUT2D eigenvalue weighted by Gasteiger charge is -2.28. The van der Waals surface area contributed by atoms with Gasteiger partial charge in [0.1, 0.15) is 0 Å². The van der Waals surface area contributed by atoms with Gasteiger partial charge in [0, 0.05) is 11.5 Å². The molecule has 0 saturated heterocycles. The van der Waals surface area contributed by atoms with Gasteiger partial charge in [0.15, 0.2) is 0 Å². The second kappa shape index (κ2) is 5.56. The Morgan fingerprint density at radius 3 is 2.33 bits per heavy atom. The number of aliphatic carboxylic acids is 1. The van der Waals surface area contributed by atoms with Gasteiger partial charge < -0.3 is 10.2 Å². The Morgan fingerprint density at radius 2 is 1.76 bits per heavy atom. The number of hydrogen-bond donors (Lipinski definition) is 2. The highest BCUT2D eigenvalue weighted by Gasteiger charge is 2.32. The maximum Gasteiger partial charge on any atom is 0.335 e. The van der Waals surface area contributed by atoms with Crippen LogP contribution in [0.3, 0.4) is 0 Å². The SMILES string of the molecule is CC1=CC(C)C(c2ccc(C)cc2C(=O)O)C(C(=O)O)=C1. The van der Waals surface area contributed by atoms with Gasteiger partial charge in [0.2, 0.25) is 0 Å². The highest BCUT2D eigenvalue weighted by Crippen LogP contribution is 2.39. The summed E-state index contributed by atoms with van der Waals surface area (Å²) in [6.45, 7) is 5.58. The quantitative estimate of drug-likeness (QED) is 0.893. The molecule has 2 atom stereocenters. The van der Waals surface area contributed by atoms with E-state index in [0.717, 1.165) is 11.1 Å². The summed E-state index contributed by atoms with van der Waals surface area (Å²) in [5.74, 6) is -2.55. The summed E-state index contributed by atoms with van der Waals surface area (Å²) in [7, 11) is 0. The summed E-state index contributed by atoms with van der Waals surface area (Å²) < 4.78 is 0. The number of aryl methyl sites for hydroxylation is 1. The second-order valence-corrected chi connectivity index (χ2v) is 5.55. The van der Waals surface area contributed by atoms with Crippen LogP contribution in [0.5, 0.6) is 0 Å². The van der Waals surface area contributed by atoms with Crippen LogP contribution in [0.1, 0.15) is 41.3 Å². The molecule has 4 heteroatoms. The maximum atomic E-state index is 11.5. The Morgan fingerprint density at radius 1 is 1.10 bits per heavy atom. The average Bonchev–Trinajstić information content (AvgIpc) is 2.38. The normalized spacial score (nSPS) is 21.5. The van der Waals surface area contributed by atoms with E-state index >= 15 is 0 Å². The zero-order valence-electron chi connectivity index (χ0n) is 12.3. The van der Waals surface area contributed by atoms with E-state index in [1.165, 1.54) is 0 Å². The minimum Gasteiger partial charge on any atom is -0.478 e. The molecule has 0 fully saturated rings. The Labute approximate surface area is 123 Å². The first-order valence-electron chi connectivity index (χ1n) is 6.78. The van der Waals surface area contributed by atoms with Crippen molar-refractivity contribution in [3.05, 3.63) is 58.2 Å². The summed E-state index contributed by atoms with van der Waals surface area (Å²) in [4.78, 5) is 23.0. The molecule has 2 unspecified atom stereocenters. The number of hydrogen-bond acceptors (Lipinski definition) is 2. The van der Waals surface area contributed by atoms with Gasteiger partial charge in [-0.2, -0.15) is 0 Å². The van der Waals surface area contributed by atoms with Gasteiger partial charge in [0.05, 0.1) is 5.56 Å². The predicted octanol–water partition coefficient (Wildman–Crippen LogP) is 3.38. The summed E-state index contributed by atoms with van der Waals surface area (Å²) in [5, 5.41) is 18.8. The van der Waals surface area contributed by atoms with E-state index in [-0.39, 0.29) is 17.1 Å². The van der Waals surface area contributed by atoms with Gasteiger partial charge >= 0.3 is 11.9 Å². The third-order valence-electron chi connectivity index (χ3n) is 3.79. The van der Waals surface area contributed by atoms with Crippen molar-refractivity contribution in [1.29, 1.82) is 0 Å². The molecular weight excluding hydrogens is 268 g/mol. The van der Waals surface area contributed by atoms with Gasteiger partial charge in [-0.05, 0) is 37.5 Å². The lowest BCUT2D eigenvalue weighted by atomic mass is 9.75. The van der Waals surface area contributed by atoms with Crippen molar-refractivity contribution in [3.63, 3.8) is 0 Å². The van der Waals surface area contributed by atoms with Crippen molar-refractivity contribution in [2.75, 3.05) is 0 Å². The van der Waals surface area contributed by atoms with Gasteiger partial charge in [-0.1, -0.05) is 36.3 Å². The van der Waals surface area contributed by atoms with Crippen LogP contribution in [-0.2, 0) is 4.79 Å². The van der Waals surface area contributed by atoms with E-state index in [9.17, 15) is 19.8 Å². The molecule has 2 rings (SSSR count). The zero-order chi connectivity index (χ0) is 15.7. The summed E-state index contributed by atoms with van der Waals surface area (Å²) in [6, 6.07) is 5.14. The summed E-state index contributed by atoms with van der Waals surface area (Å²) in [6.07, 6.45) is 3.60. The van der Waals surface area contributed by atoms with Crippen LogP contribution in [0, 0.1) is 12.8 Å². The van der Waals surface area contributed by atoms with E-state index in [4.69, 9.17) is 0 Å². The second-order valence-electron chi connectivity index (χ2n) is 5.55. The molecule has 0 amide bonds. The molecule has 0 heterocycles. The maximum absolute atomic E-state index is 11.5. The fourth-order valence-electron chi connectivity index (χ4n) is 2.95. The lowest BCUT2D eigenvalue weighted by molar-refractivity contribution is -0.133. The van der Waals surface area contributed by atoms with Gasteiger partial charge in [0.25, 0.3) is 0 Å². The molecule has 0 spiro atoms. The fourth-order valence-corrected chi connectivity index (χ4v) is 2.95. The number of carboxylic acid groups (broad SMARTS) is 2. The average molecular weight is 286 g/mol. The van der Waals surface area contributed by atoms with Crippen molar-refractivity contribution in [2.45, 2.75) is 26.7 Å². The van der Waals surface area contributed by atoms with Crippen molar-refractivity contribution in [3.8, 4) is 0 Å². The van der Waals surface area contributed by atoms with Crippen molar-refractivity contribution < 1.29 is 19.8 Å². The Hall–Kier alpha value is -2.36. The molecule has 21 heavy (non-hydrogen) atoms. The van der Waals surface area contributed by atoms with Crippen molar-refractivity contribution >= 4 is 11.9 Å². The molecule has 0 aromatic heterocycles. The van der Waals surface area contributed by atoms with Crippen molar-refractivity contribution in [2.24, 2.45) is 5.92 Å². The molecule has 110 valence electrons. The van der Waals surface area contributed by atoms with E-state index in [0.29, 0.717) is 5.56 Å². The van der Waals surface area contributed by atoms with Crippen LogP contribution in [0.15, 0.2) is 41.5 Å². The molecule has 4 nitrogen and oxygen atoms in total. The highest BCUT2D eigenvalue weighted by molar-refractivity contribution is 5.93. The van der Waals surface area contributed by atoms with E-state index in [1.54, 1.807) is 18.2 Å². The van der Waals surface area contributed by atoms with Crippen LogP contribution in [0.25, 0.3) is 0 Å². The van der Waals surface area contributed by atoms with Crippen LogP contribution < -0.4 is 0 Å². The monoisotopic (exact) mass is 286 g/mol. The summed E-state index contributed by atoms with van der Waals surface area (Å²) in [5.41, 5.74) is 2.70. The fraction of sp³-hybridized carbons (Fsp3) is 0.294. The topological polar surface area (TPSA) is 74.6 Å². The molecule has 0 aliphatic heterocycles. The first kappa shape index (κ1) is 15.0. The van der Waals surface area contributed by atoms with E-state index in [1.807, 2.05) is 32.9 Å². The van der Waals surface area contributed by atoms with Crippen molar-refractivity contribution in [1.82, 2.24) is 0 Å². The summed E-state index contributed by atoms with van der Waals surface area (Å²) >= 11 is 0. The lowest BCUT2D eigenvalue weighted by Crippen LogP contribution is -2.22. The standard InChI is InChI=1S/C17H18O4/c1-9-4-5-12(13(7-9)16(18)19)15-11(3)6-10(2)8-14(15)17(20)21/h4-8,11,15H,1-3H3,(H,18,19)(H,20,21). The number of aromatic carboxylic acids is 1. The molecule has 0 radical (unpaired) electrons. The van der Waals surface area contributed by atoms with Crippen LogP contribution >= 0.6 is 0 Å². The number of allylic oxidation sites excluding steroid dienone is 3. The third-order valence-corrected chi connectivity index (χ3v) is 3.79. The van der Waals surface area contributed by atoms with Crippen LogP contribution in [0.2, 0.25) is 0 Å². The number of carboxylic acids is 2. The molecule has 1 aliphatic carbocycles. The molecule has 2 N–H and O–H groups in total. The third kappa shape index (κ3) is 2.89. The minimum atomic E-state index is -1.03. The van der Waals surface area contributed by atoms with Gasteiger partial charge in [-0.3, -0.25) is 0 Å². The molecule has 1 aromatic rings. The number of carbonyl (C=O) groups is 2. The predicted molar refractivity (Wildman–Crippen MR) is 79.5 cm³/mol. The van der Waals surface area contributed by atoms with Crippen LogP contribution in [-0.4, -0.2) is 22.2 Å². The van der Waals surface area contributed by atoms with E-state index < -0.39 is 17.9 Å². The number of rotatable bonds is 3. The Kier molecular flexibility index (Phi) is 3.98.